The van der Waals surface area contributed by atoms with Crippen molar-refractivity contribution < 1.29 is 18.3 Å². The van der Waals surface area contributed by atoms with Crippen LogP contribution < -0.4 is 14.5 Å². The van der Waals surface area contributed by atoms with Crippen LogP contribution >= 0.6 is 0 Å². The van der Waals surface area contributed by atoms with Gasteiger partial charge in [0.2, 0.25) is 10.0 Å². The molecule has 4 aliphatic heterocycles. The summed E-state index contributed by atoms with van der Waals surface area (Å²) in [5.74, 6) is 2.03. The average molecular weight is 567 g/mol. The fourth-order valence-electron chi connectivity index (χ4n) is 6.17. The number of nitrogens with one attached hydrogen (secondary N) is 2. The van der Waals surface area contributed by atoms with Gasteiger partial charge in [-0.05, 0) is 74.8 Å². The number of ether oxygens (including phenoxy) is 1. The van der Waals surface area contributed by atoms with Crippen molar-refractivity contribution in [3.05, 3.63) is 42.7 Å². The van der Waals surface area contributed by atoms with Gasteiger partial charge in [0.25, 0.3) is 0 Å². The first-order chi connectivity index (χ1) is 19.5. The molecule has 0 aliphatic carbocycles. The summed E-state index contributed by atoms with van der Waals surface area (Å²) in [7, 11) is -3.64. The Balaban J connectivity index is 1.37. The van der Waals surface area contributed by atoms with E-state index in [9.17, 15) is 8.42 Å². The first-order valence-electron chi connectivity index (χ1n) is 14.4. The molecule has 40 heavy (non-hydrogen) atoms. The molecule has 2 saturated heterocycles. The number of aliphatic hydroxyl groups is 1. The number of hydrogen-bond donors (Lipinski definition) is 3. The number of fused-ring (bicyclic) bond motifs is 5. The summed E-state index contributed by atoms with van der Waals surface area (Å²) in [5.41, 5.74) is 4.23. The van der Waals surface area contributed by atoms with Crippen LogP contribution in [0.1, 0.15) is 38.5 Å². The Labute approximate surface area is 235 Å². The highest BCUT2D eigenvalue weighted by Crippen LogP contribution is 2.36. The minimum Gasteiger partial charge on any atom is -0.395 e. The van der Waals surface area contributed by atoms with Crippen LogP contribution in [0.25, 0.3) is 22.6 Å². The van der Waals surface area contributed by atoms with Crippen molar-refractivity contribution in [2.24, 2.45) is 5.92 Å². The second-order valence-corrected chi connectivity index (χ2v) is 12.9. The quantitative estimate of drug-likeness (QED) is 0.435. The number of benzene rings is 1. The Morgan fingerprint density at radius 2 is 1.88 bits per heavy atom. The monoisotopic (exact) mass is 566 g/mol. The molecule has 0 spiro atoms. The number of H-pyrrole nitrogens is 1. The van der Waals surface area contributed by atoms with E-state index >= 15 is 0 Å². The maximum atomic E-state index is 12.4. The van der Waals surface area contributed by atoms with Gasteiger partial charge in [0.1, 0.15) is 11.6 Å². The summed E-state index contributed by atoms with van der Waals surface area (Å²) in [6.07, 6.45) is 10.5. The van der Waals surface area contributed by atoms with Gasteiger partial charge in [-0.3, -0.25) is 4.72 Å². The molecule has 3 N–H and O–H groups in total. The zero-order valence-electron chi connectivity index (χ0n) is 22.8. The molecule has 2 fully saturated rings. The predicted molar refractivity (Wildman–Crippen MR) is 157 cm³/mol. The molecule has 0 amide bonds. The summed E-state index contributed by atoms with van der Waals surface area (Å²) in [6, 6.07) is 9.67. The Morgan fingerprint density at radius 3 is 2.73 bits per heavy atom. The lowest BCUT2D eigenvalue weighted by Gasteiger charge is -2.35. The number of rotatable bonds is 4. The highest BCUT2D eigenvalue weighted by Gasteiger charge is 2.25. The number of aromatic nitrogens is 3. The molecule has 10 nitrogen and oxygen atoms in total. The molecule has 3 aromatic rings. The Hall–Kier alpha value is -3.15. The molecular formula is C29H38N6O4S. The smallest absolute Gasteiger partial charge is 0.234 e. The van der Waals surface area contributed by atoms with Crippen molar-refractivity contribution in [2.75, 3.05) is 59.7 Å². The molecule has 7 rings (SSSR count). The van der Waals surface area contributed by atoms with Crippen LogP contribution in [0.2, 0.25) is 0 Å². The first kappa shape index (κ1) is 27.0. The van der Waals surface area contributed by atoms with Gasteiger partial charge in [-0.1, -0.05) is 0 Å². The standard InChI is InChI=1S/C29H38N6O4S/c36-14-16-40(37,38)33-23-5-6-25-27(18-23)34-12-8-24(9-13-34)39-15-2-4-21-3-1-11-35(20-21)28-17-22(7-10-30-28)26-19-31-29(25)32-26/h5-7,10,17-19,21,24,33,36H,1-4,8-9,11-16,20H2,(H,31,32). The lowest BCUT2D eigenvalue weighted by molar-refractivity contribution is 0.0330. The van der Waals surface area contributed by atoms with Crippen LogP contribution in [-0.2, 0) is 14.8 Å². The maximum Gasteiger partial charge on any atom is 0.234 e. The highest BCUT2D eigenvalue weighted by molar-refractivity contribution is 7.92. The van der Waals surface area contributed by atoms with E-state index in [-0.39, 0.29) is 11.9 Å². The SMILES string of the molecule is O=S(=O)(CCO)Nc1ccc2c(c1)N1CCC(CC1)OCCCC1CCCN(C1)c1cc(ccn1)-c1cnc-2[nH]1. The highest BCUT2D eigenvalue weighted by atomic mass is 32.2. The Bertz CT molecular complexity index is 1420. The van der Waals surface area contributed by atoms with E-state index in [1.54, 1.807) is 6.07 Å². The number of pyridine rings is 1. The molecule has 2 aromatic heterocycles. The van der Waals surface area contributed by atoms with Gasteiger partial charge in [-0.25, -0.2) is 18.4 Å². The lowest BCUT2D eigenvalue weighted by atomic mass is 9.93. The van der Waals surface area contributed by atoms with E-state index in [1.807, 2.05) is 30.6 Å². The molecule has 214 valence electrons. The van der Waals surface area contributed by atoms with Crippen LogP contribution in [0.4, 0.5) is 17.2 Å². The Morgan fingerprint density at radius 1 is 1.02 bits per heavy atom. The van der Waals surface area contributed by atoms with Gasteiger partial charge in [0, 0.05) is 55.8 Å². The third-order valence-corrected chi connectivity index (χ3v) is 9.52. The first-order valence-corrected chi connectivity index (χ1v) is 16.0. The van der Waals surface area contributed by atoms with Gasteiger partial charge in [0.15, 0.2) is 0 Å². The summed E-state index contributed by atoms with van der Waals surface area (Å²) in [4.78, 5) is 17.7. The maximum absolute atomic E-state index is 12.4. The molecule has 8 bridgehead atoms. The van der Waals surface area contributed by atoms with E-state index in [1.165, 1.54) is 19.3 Å². The van der Waals surface area contributed by atoms with Gasteiger partial charge in [0.05, 0.1) is 36.0 Å². The van der Waals surface area contributed by atoms with Crippen molar-refractivity contribution in [1.82, 2.24) is 15.0 Å². The molecule has 1 atom stereocenters. The number of hydrogen-bond acceptors (Lipinski definition) is 8. The number of piperidine rings is 2. The van der Waals surface area contributed by atoms with Gasteiger partial charge in [-0.2, -0.15) is 0 Å². The third-order valence-electron chi connectivity index (χ3n) is 8.25. The molecule has 4 aliphatic rings. The zero-order chi connectivity index (χ0) is 27.5. The van der Waals surface area contributed by atoms with E-state index in [2.05, 4.69) is 25.6 Å². The van der Waals surface area contributed by atoms with Crippen molar-refractivity contribution >= 4 is 27.2 Å². The van der Waals surface area contributed by atoms with Crippen LogP contribution in [0.15, 0.2) is 42.7 Å². The van der Waals surface area contributed by atoms with Crippen molar-refractivity contribution in [3.63, 3.8) is 0 Å². The Kier molecular flexibility index (Phi) is 7.95. The number of anilines is 3. The molecule has 0 saturated carbocycles. The fraction of sp³-hybridized carbons (Fsp3) is 0.517. The van der Waals surface area contributed by atoms with Crippen molar-refractivity contribution in [1.29, 1.82) is 0 Å². The number of aliphatic hydroxyl groups excluding tert-OH is 1. The number of nitrogens with zero attached hydrogens (tertiary/aromatic N) is 4. The number of aromatic amines is 1. The van der Waals surface area contributed by atoms with Crippen molar-refractivity contribution in [2.45, 2.75) is 44.6 Å². The van der Waals surface area contributed by atoms with Gasteiger partial charge < -0.3 is 24.6 Å². The zero-order valence-corrected chi connectivity index (χ0v) is 23.6. The van der Waals surface area contributed by atoms with Crippen LogP contribution in [0, 0.1) is 5.92 Å². The van der Waals surface area contributed by atoms with E-state index < -0.39 is 16.6 Å². The topological polar surface area (TPSA) is 124 Å². The molecular weight excluding hydrogens is 528 g/mol. The summed E-state index contributed by atoms with van der Waals surface area (Å²) < 4.78 is 33.7. The largest absolute Gasteiger partial charge is 0.395 e. The number of sulfonamides is 1. The van der Waals surface area contributed by atoms with E-state index in [0.29, 0.717) is 11.6 Å². The molecule has 6 heterocycles. The van der Waals surface area contributed by atoms with Gasteiger partial charge >= 0.3 is 0 Å². The minimum absolute atomic E-state index is 0.233. The summed E-state index contributed by atoms with van der Waals surface area (Å²) in [6.45, 7) is 4.02. The summed E-state index contributed by atoms with van der Waals surface area (Å²) in [5, 5.41) is 9.15. The average Bonchev–Trinajstić information content (AvgIpc) is 3.46. The normalized spacial score (nSPS) is 21.7. The molecule has 1 unspecified atom stereocenters. The van der Waals surface area contributed by atoms with Crippen LogP contribution in [-0.4, -0.2) is 79.7 Å². The van der Waals surface area contributed by atoms with Crippen LogP contribution in [0.5, 0.6) is 0 Å². The second kappa shape index (κ2) is 11.8. The predicted octanol–water partition coefficient (Wildman–Crippen LogP) is 3.87. The van der Waals surface area contributed by atoms with Crippen LogP contribution in [0.3, 0.4) is 0 Å². The van der Waals surface area contributed by atoms with E-state index in [4.69, 9.17) is 19.8 Å². The minimum atomic E-state index is -3.64. The third kappa shape index (κ3) is 6.11. The summed E-state index contributed by atoms with van der Waals surface area (Å²) >= 11 is 0. The van der Waals surface area contributed by atoms with Crippen molar-refractivity contribution in [3.8, 4) is 22.6 Å². The number of imidazole rings is 1. The molecule has 11 heteroatoms. The molecule has 1 aromatic carbocycles. The molecule has 0 radical (unpaired) electrons. The lowest BCUT2D eigenvalue weighted by Crippen LogP contribution is -2.37. The van der Waals surface area contributed by atoms with Gasteiger partial charge in [-0.15, -0.1) is 0 Å². The second-order valence-electron chi connectivity index (χ2n) is 11.1. The fourth-order valence-corrected chi connectivity index (χ4v) is 6.99. The van der Waals surface area contributed by atoms with E-state index in [0.717, 1.165) is 86.2 Å².